The van der Waals surface area contributed by atoms with Crippen molar-refractivity contribution in [3.8, 4) is 5.75 Å². The Morgan fingerprint density at radius 1 is 1.33 bits per heavy atom. The van der Waals surface area contributed by atoms with Crippen LogP contribution in [0.15, 0.2) is 18.2 Å². The Morgan fingerprint density at radius 2 is 2.20 bits per heavy atom. The molecule has 0 aromatic heterocycles. The highest BCUT2D eigenvalue weighted by Gasteiger charge is 2.45. The van der Waals surface area contributed by atoms with Crippen LogP contribution >= 0.6 is 0 Å². The van der Waals surface area contributed by atoms with Gasteiger partial charge in [-0.25, -0.2) is 0 Å². The van der Waals surface area contributed by atoms with E-state index in [0.29, 0.717) is 5.92 Å². The second-order valence-electron chi connectivity index (χ2n) is 5.25. The summed E-state index contributed by atoms with van der Waals surface area (Å²) in [5.41, 5.74) is 2.84. The maximum Gasteiger partial charge on any atom is 0.124 e. The molecule has 1 fully saturated rings. The minimum absolute atomic E-state index is 0.0916. The fourth-order valence-electron chi connectivity index (χ4n) is 3.18. The van der Waals surface area contributed by atoms with Gasteiger partial charge in [-0.15, -0.1) is 0 Å². The normalized spacial score (nSPS) is 33.1. The summed E-state index contributed by atoms with van der Waals surface area (Å²) in [6.45, 7) is 4.42. The van der Waals surface area contributed by atoms with Crippen molar-refractivity contribution in [1.82, 2.24) is 0 Å². The first kappa shape index (κ1) is 9.26. The molecule has 0 radical (unpaired) electrons. The Kier molecular flexibility index (Phi) is 1.86. The van der Waals surface area contributed by atoms with Crippen LogP contribution in [0, 0.1) is 6.92 Å². The van der Waals surface area contributed by atoms with Crippen molar-refractivity contribution >= 4 is 0 Å². The summed E-state index contributed by atoms with van der Waals surface area (Å²) in [7, 11) is 0. The average Bonchev–Trinajstić information content (AvgIpc) is 2.48. The van der Waals surface area contributed by atoms with Crippen LogP contribution in [0.3, 0.4) is 0 Å². The molecule has 1 saturated carbocycles. The van der Waals surface area contributed by atoms with Gasteiger partial charge >= 0.3 is 0 Å². The van der Waals surface area contributed by atoms with E-state index in [-0.39, 0.29) is 5.60 Å². The van der Waals surface area contributed by atoms with Crippen LogP contribution in [0.2, 0.25) is 0 Å². The van der Waals surface area contributed by atoms with Gasteiger partial charge in [-0.1, -0.05) is 18.6 Å². The van der Waals surface area contributed by atoms with Crippen LogP contribution in [0.25, 0.3) is 0 Å². The lowest BCUT2D eigenvalue weighted by Gasteiger charge is -2.34. The molecule has 3 rings (SSSR count). The predicted octanol–water partition coefficient (Wildman–Crippen LogP) is 3.80. The van der Waals surface area contributed by atoms with E-state index in [4.69, 9.17) is 4.74 Å². The van der Waals surface area contributed by atoms with Crippen LogP contribution in [-0.4, -0.2) is 5.60 Å². The Hall–Kier alpha value is -0.980. The molecule has 0 N–H and O–H groups in total. The molecule has 1 aromatic rings. The summed E-state index contributed by atoms with van der Waals surface area (Å²) in [5, 5.41) is 0. The van der Waals surface area contributed by atoms with E-state index in [1.165, 1.54) is 36.8 Å². The molecule has 1 nitrogen and oxygen atoms in total. The summed E-state index contributed by atoms with van der Waals surface area (Å²) in [5.74, 6) is 1.78. The maximum atomic E-state index is 6.18. The van der Waals surface area contributed by atoms with Crippen LogP contribution in [0.5, 0.6) is 5.75 Å². The topological polar surface area (TPSA) is 9.23 Å². The molecular weight excluding hydrogens is 184 g/mol. The van der Waals surface area contributed by atoms with E-state index in [9.17, 15) is 0 Å². The molecule has 80 valence electrons. The summed E-state index contributed by atoms with van der Waals surface area (Å²) in [4.78, 5) is 0. The van der Waals surface area contributed by atoms with Crippen molar-refractivity contribution in [3.63, 3.8) is 0 Å². The fourth-order valence-corrected chi connectivity index (χ4v) is 3.18. The van der Waals surface area contributed by atoms with Crippen LogP contribution in [0.1, 0.15) is 49.7 Å². The lowest BCUT2D eigenvalue weighted by molar-refractivity contribution is 0.0548. The van der Waals surface area contributed by atoms with E-state index >= 15 is 0 Å². The van der Waals surface area contributed by atoms with Gasteiger partial charge < -0.3 is 4.74 Å². The van der Waals surface area contributed by atoms with Crippen molar-refractivity contribution in [2.75, 3.05) is 0 Å². The average molecular weight is 202 g/mol. The first-order valence-corrected chi connectivity index (χ1v) is 5.99. The number of fused-ring (bicyclic) bond motifs is 3. The van der Waals surface area contributed by atoms with Crippen molar-refractivity contribution in [3.05, 3.63) is 29.3 Å². The lowest BCUT2D eigenvalue weighted by Crippen LogP contribution is -2.36. The molecule has 2 unspecified atom stereocenters. The predicted molar refractivity (Wildman–Crippen MR) is 61.4 cm³/mol. The van der Waals surface area contributed by atoms with Gasteiger partial charge in [0, 0.05) is 11.5 Å². The SMILES string of the molecule is Cc1ccc2c(c1)OC1(C)CCCCC21. The quantitative estimate of drug-likeness (QED) is 0.621. The molecule has 0 spiro atoms. The lowest BCUT2D eigenvalue weighted by atomic mass is 9.75. The molecule has 1 heterocycles. The van der Waals surface area contributed by atoms with Crippen molar-refractivity contribution in [1.29, 1.82) is 0 Å². The van der Waals surface area contributed by atoms with Gasteiger partial charge in [0.2, 0.25) is 0 Å². The zero-order valence-corrected chi connectivity index (χ0v) is 9.55. The number of aryl methyl sites for hydroxylation is 1. The van der Waals surface area contributed by atoms with Crippen molar-refractivity contribution in [2.45, 2.75) is 51.0 Å². The van der Waals surface area contributed by atoms with Gasteiger partial charge in [-0.3, -0.25) is 0 Å². The first-order valence-electron chi connectivity index (χ1n) is 5.99. The number of rotatable bonds is 0. The summed E-state index contributed by atoms with van der Waals surface area (Å²) >= 11 is 0. The highest BCUT2D eigenvalue weighted by molar-refractivity contribution is 5.45. The fraction of sp³-hybridized carbons (Fsp3) is 0.571. The van der Waals surface area contributed by atoms with Gasteiger partial charge in [-0.2, -0.15) is 0 Å². The molecule has 15 heavy (non-hydrogen) atoms. The van der Waals surface area contributed by atoms with Crippen LogP contribution in [0.4, 0.5) is 0 Å². The monoisotopic (exact) mass is 202 g/mol. The second-order valence-corrected chi connectivity index (χ2v) is 5.25. The zero-order valence-electron chi connectivity index (χ0n) is 9.55. The van der Waals surface area contributed by atoms with Gasteiger partial charge in [-0.05, 0) is 44.7 Å². The molecule has 1 aliphatic carbocycles. The Labute approximate surface area is 91.5 Å². The molecule has 1 aromatic carbocycles. The van der Waals surface area contributed by atoms with E-state index in [1.54, 1.807) is 0 Å². The van der Waals surface area contributed by atoms with E-state index < -0.39 is 0 Å². The highest BCUT2D eigenvalue weighted by Crippen LogP contribution is 2.51. The second kappa shape index (κ2) is 3.01. The Morgan fingerprint density at radius 3 is 3.07 bits per heavy atom. The summed E-state index contributed by atoms with van der Waals surface area (Å²) < 4.78 is 6.18. The number of ether oxygens (including phenoxy) is 1. The molecule has 2 atom stereocenters. The molecule has 0 amide bonds. The molecule has 1 aliphatic heterocycles. The molecule has 2 aliphatic rings. The maximum absolute atomic E-state index is 6.18. The molecule has 0 bridgehead atoms. The largest absolute Gasteiger partial charge is 0.487 e. The standard InChI is InChI=1S/C14H18O/c1-10-6-7-11-12-5-3-4-8-14(12,2)15-13(11)9-10/h6-7,9,12H,3-5,8H2,1-2H3. The van der Waals surface area contributed by atoms with E-state index in [1.807, 2.05) is 0 Å². The Bertz CT molecular complexity index is 396. The van der Waals surface area contributed by atoms with E-state index in [2.05, 4.69) is 32.0 Å². The van der Waals surface area contributed by atoms with Gasteiger partial charge in [0.1, 0.15) is 11.4 Å². The summed E-state index contributed by atoms with van der Waals surface area (Å²) in [6.07, 6.45) is 5.19. The molecule has 1 heteroatoms. The highest BCUT2D eigenvalue weighted by atomic mass is 16.5. The zero-order chi connectivity index (χ0) is 10.5. The summed E-state index contributed by atoms with van der Waals surface area (Å²) in [6, 6.07) is 6.67. The van der Waals surface area contributed by atoms with Crippen molar-refractivity contribution < 1.29 is 4.74 Å². The van der Waals surface area contributed by atoms with Crippen LogP contribution < -0.4 is 4.74 Å². The van der Waals surface area contributed by atoms with Crippen molar-refractivity contribution in [2.24, 2.45) is 0 Å². The minimum atomic E-state index is 0.0916. The van der Waals surface area contributed by atoms with Gasteiger partial charge in [0.05, 0.1) is 0 Å². The Balaban J connectivity index is 2.07. The third-order valence-electron chi connectivity index (χ3n) is 4.04. The third kappa shape index (κ3) is 1.29. The molecular formula is C14H18O. The third-order valence-corrected chi connectivity index (χ3v) is 4.04. The minimum Gasteiger partial charge on any atom is -0.487 e. The first-order chi connectivity index (χ1) is 7.19. The van der Waals surface area contributed by atoms with E-state index in [0.717, 1.165) is 5.75 Å². The number of benzene rings is 1. The van der Waals surface area contributed by atoms with Crippen LogP contribution in [-0.2, 0) is 0 Å². The molecule has 0 saturated heterocycles. The van der Waals surface area contributed by atoms with Gasteiger partial charge in [0.25, 0.3) is 0 Å². The number of hydrogen-bond donors (Lipinski definition) is 0. The smallest absolute Gasteiger partial charge is 0.124 e. The van der Waals surface area contributed by atoms with Gasteiger partial charge in [0.15, 0.2) is 0 Å². The number of hydrogen-bond acceptors (Lipinski definition) is 1.